The number of rotatable bonds is 8. The first-order chi connectivity index (χ1) is 19.1. The summed E-state index contributed by atoms with van der Waals surface area (Å²) in [6.45, 7) is 3.15. The van der Waals surface area contributed by atoms with E-state index in [0.29, 0.717) is 5.56 Å². The number of nitrogens with zero attached hydrogens (tertiary/aromatic N) is 2. The van der Waals surface area contributed by atoms with Crippen LogP contribution >= 0.6 is 0 Å². The fraction of sp³-hybridized carbons (Fsp3) is 0.114. The standard InChI is InChI=1S/C35H30N2O2/c1-2-3-22-36-33-23-27(25-14-16-26(17-15-25)35(38)39)18-20-31(33)32-21-19-30(24-34(32)36)37(28-10-6-4-7-11-28)29-12-8-5-9-13-29/h4-21,23-24H,2-3,22H2,1H3,(H,38,39). The molecule has 0 aliphatic heterocycles. The normalized spacial score (nSPS) is 11.2. The number of anilines is 3. The van der Waals surface area contributed by atoms with Crippen LogP contribution in [-0.4, -0.2) is 15.6 Å². The van der Waals surface area contributed by atoms with Crippen molar-refractivity contribution in [3.8, 4) is 11.1 Å². The Morgan fingerprint density at radius 1 is 0.667 bits per heavy atom. The van der Waals surface area contributed by atoms with Crippen LogP contribution in [-0.2, 0) is 6.54 Å². The van der Waals surface area contributed by atoms with Gasteiger partial charge in [0.15, 0.2) is 0 Å². The molecule has 0 atom stereocenters. The number of hydrogen-bond donors (Lipinski definition) is 1. The number of hydrogen-bond acceptors (Lipinski definition) is 2. The summed E-state index contributed by atoms with van der Waals surface area (Å²) in [6.07, 6.45) is 2.19. The van der Waals surface area contributed by atoms with Gasteiger partial charge in [0.2, 0.25) is 0 Å². The molecule has 6 rings (SSSR count). The maximum absolute atomic E-state index is 11.3. The van der Waals surface area contributed by atoms with Crippen LogP contribution in [0.1, 0.15) is 30.1 Å². The number of para-hydroxylation sites is 2. The lowest BCUT2D eigenvalue weighted by Gasteiger charge is -2.25. The Labute approximate surface area is 228 Å². The first-order valence-electron chi connectivity index (χ1n) is 13.4. The number of aryl methyl sites for hydroxylation is 1. The molecule has 0 aliphatic rings. The number of aromatic carboxylic acids is 1. The highest BCUT2D eigenvalue weighted by atomic mass is 16.4. The molecule has 0 amide bonds. The van der Waals surface area contributed by atoms with E-state index in [1.807, 2.05) is 24.3 Å². The second kappa shape index (κ2) is 10.5. The Hall–Kier alpha value is -4.83. The van der Waals surface area contributed by atoms with Crippen LogP contribution in [0.3, 0.4) is 0 Å². The highest BCUT2D eigenvalue weighted by Crippen LogP contribution is 2.39. The van der Waals surface area contributed by atoms with Gasteiger partial charge in [-0.1, -0.05) is 80.1 Å². The summed E-state index contributed by atoms with van der Waals surface area (Å²) >= 11 is 0. The first-order valence-corrected chi connectivity index (χ1v) is 13.4. The molecule has 0 fully saturated rings. The van der Waals surface area contributed by atoms with Gasteiger partial charge >= 0.3 is 5.97 Å². The minimum atomic E-state index is -0.910. The van der Waals surface area contributed by atoms with E-state index in [4.69, 9.17) is 0 Å². The lowest BCUT2D eigenvalue weighted by atomic mass is 10.0. The Morgan fingerprint density at radius 2 is 1.23 bits per heavy atom. The molecule has 0 unspecified atom stereocenters. The fourth-order valence-corrected chi connectivity index (χ4v) is 5.37. The highest BCUT2D eigenvalue weighted by Gasteiger charge is 2.17. The van der Waals surface area contributed by atoms with Gasteiger partial charge in [-0.25, -0.2) is 4.79 Å². The molecule has 0 spiro atoms. The number of carboxylic acids is 1. The van der Waals surface area contributed by atoms with E-state index in [2.05, 4.69) is 101 Å². The van der Waals surface area contributed by atoms with Gasteiger partial charge in [0.05, 0.1) is 11.1 Å². The summed E-state index contributed by atoms with van der Waals surface area (Å²) in [4.78, 5) is 13.6. The van der Waals surface area contributed by atoms with Gasteiger partial charge in [0.25, 0.3) is 0 Å². The highest BCUT2D eigenvalue weighted by molar-refractivity contribution is 6.10. The zero-order valence-electron chi connectivity index (χ0n) is 21.9. The number of unbranched alkanes of at least 4 members (excludes halogenated alkanes) is 1. The van der Waals surface area contributed by atoms with Crippen molar-refractivity contribution in [1.82, 2.24) is 4.57 Å². The molecule has 1 aromatic heterocycles. The molecule has 1 heterocycles. The Balaban J connectivity index is 1.52. The van der Waals surface area contributed by atoms with E-state index in [0.717, 1.165) is 47.6 Å². The molecule has 0 radical (unpaired) electrons. The summed E-state index contributed by atoms with van der Waals surface area (Å²) in [5.41, 5.74) is 8.14. The molecular formula is C35H30N2O2. The number of aromatic nitrogens is 1. The average Bonchev–Trinajstić information content (AvgIpc) is 3.29. The summed E-state index contributed by atoms with van der Waals surface area (Å²) in [6, 6.07) is 41.4. The number of carboxylic acid groups (broad SMARTS) is 1. The van der Waals surface area contributed by atoms with Gasteiger partial charge in [-0.3, -0.25) is 0 Å². The van der Waals surface area contributed by atoms with Crippen molar-refractivity contribution >= 4 is 44.8 Å². The Morgan fingerprint density at radius 3 is 1.82 bits per heavy atom. The quantitative estimate of drug-likeness (QED) is 0.222. The molecule has 192 valence electrons. The van der Waals surface area contributed by atoms with Gasteiger partial charge in [0, 0.05) is 39.9 Å². The van der Waals surface area contributed by atoms with Gasteiger partial charge in [0.1, 0.15) is 0 Å². The van der Waals surface area contributed by atoms with E-state index in [1.54, 1.807) is 12.1 Å². The van der Waals surface area contributed by atoms with Crippen molar-refractivity contribution in [2.75, 3.05) is 4.90 Å². The molecule has 4 heteroatoms. The van der Waals surface area contributed by atoms with Crippen molar-refractivity contribution in [3.63, 3.8) is 0 Å². The summed E-state index contributed by atoms with van der Waals surface area (Å²) < 4.78 is 2.45. The lowest BCUT2D eigenvalue weighted by Crippen LogP contribution is -2.09. The van der Waals surface area contributed by atoms with Crippen molar-refractivity contribution in [1.29, 1.82) is 0 Å². The van der Waals surface area contributed by atoms with Crippen LogP contribution < -0.4 is 4.90 Å². The second-order valence-electron chi connectivity index (χ2n) is 9.83. The second-order valence-corrected chi connectivity index (χ2v) is 9.83. The topological polar surface area (TPSA) is 45.5 Å². The van der Waals surface area contributed by atoms with Crippen molar-refractivity contribution < 1.29 is 9.90 Å². The van der Waals surface area contributed by atoms with Crippen molar-refractivity contribution in [2.24, 2.45) is 0 Å². The molecule has 39 heavy (non-hydrogen) atoms. The predicted molar refractivity (Wildman–Crippen MR) is 161 cm³/mol. The minimum absolute atomic E-state index is 0.297. The molecule has 0 bridgehead atoms. The third-order valence-corrected chi connectivity index (χ3v) is 7.34. The van der Waals surface area contributed by atoms with E-state index in [9.17, 15) is 9.90 Å². The molecule has 1 N–H and O–H groups in total. The zero-order valence-corrected chi connectivity index (χ0v) is 21.9. The molecule has 0 aliphatic carbocycles. The van der Waals surface area contributed by atoms with Crippen LogP contribution in [0.25, 0.3) is 32.9 Å². The summed E-state index contributed by atoms with van der Waals surface area (Å²) in [5, 5.41) is 11.7. The summed E-state index contributed by atoms with van der Waals surface area (Å²) in [7, 11) is 0. The van der Waals surface area contributed by atoms with Gasteiger partial charge < -0.3 is 14.6 Å². The molecule has 5 aromatic carbocycles. The molecule has 0 saturated carbocycles. The maximum atomic E-state index is 11.3. The van der Waals surface area contributed by atoms with E-state index in [1.165, 1.54) is 21.8 Å². The van der Waals surface area contributed by atoms with Gasteiger partial charge in [-0.2, -0.15) is 0 Å². The first kappa shape index (κ1) is 24.5. The minimum Gasteiger partial charge on any atom is -0.478 e. The van der Waals surface area contributed by atoms with E-state index < -0.39 is 5.97 Å². The zero-order chi connectivity index (χ0) is 26.8. The smallest absolute Gasteiger partial charge is 0.335 e. The van der Waals surface area contributed by atoms with Crippen LogP contribution in [0.5, 0.6) is 0 Å². The van der Waals surface area contributed by atoms with E-state index >= 15 is 0 Å². The Kier molecular flexibility index (Phi) is 6.60. The largest absolute Gasteiger partial charge is 0.478 e. The van der Waals surface area contributed by atoms with Crippen molar-refractivity contribution in [2.45, 2.75) is 26.3 Å². The average molecular weight is 511 g/mol. The van der Waals surface area contributed by atoms with Gasteiger partial charge in [-0.15, -0.1) is 0 Å². The molecule has 0 saturated heterocycles. The van der Waals surface area contributed by atoms with Gasteiger partial charge in [-0.05, 0) is 72.1 Å². The monoisotopic (exact) mass is 510 g/mol. The van der Waals surface area contributed by atoms with Crippen LogP contribution in [0.4, 0.5) is 17.1 Å². The maximum Gasteiger partial charge on any atom is 0.335 e. The van der Waals surface area contributed by atoms with Crippen LogP contribution in [0.15, 0.2) is 121 Å². The number of carbonyl (C=O) groups is 1. The lowest BCUT2D eigenvalue weighted by molar-refractivity contribution is 0.0697. The Bertz CT molecular complexity index is 1710. The number of fused-ring (bicyclic) bond motifs is 3. The van der Waals surface area contributed by atoms with Crippen LogP contribution in [0, 0.1) is 0 Å². The number of benzene rings is 5. The third kappa shape index (κ3) is 4.66. The van der Waals surface area contributed by atoms with Crippen LogP contribution in [0.2, 0.25) is 0 Å². The van der Waals surface area contributed by atoms with E-state index in [-0.39, 0.29) is 0 Å². The van der Waals surface area contributed by atoms with Crippen molar-refractivity contribution in [3.05, 3.63) is 127 Å². The predicted octanol–water partition coefficient (Wildman–Crippen LogP) is 9.43. The summed E-state index contributed by atoms with van der Waals surface area (Å²) in [5.74, 6) is -0.910. The molecular weight excluding hydrogens is 480 g/mol. The third-order valence-electron chi connectivity index (χ3n) is 7.34. The molecule has 4 nitrogen and oxygen atoms in total. The fourth-order valence-electron chi connectivity index (χ4n) is 5.37. The SMILES string of the molecule is CCCCn1c2cc(-c3ccc(C(=O)O)cc3)ccc2c2ccc(N(c3ccccc3)c3ccccc3)cc21. The molecule has 6 aromatic rings.